The van der Waals surface area contributed by atoms with Gasteiger partial charge in [-0.1, -0.05) is 5.21 Å². The standard InChI is InChI=1S/C11H13N3O4/c1-7-3-4-8(18-7)5-14-9(6-17-2)10(11(15)16)12-13-14/h3-4H,5-6H2,1-2H3,(H,15,16). The molecule has 96 valence electrons. The molecule has 0 atom stereocenters. The maximum absolute atomic E-state index is 11.0. The zero-order valence-electron chi connectivity index (χ0n) is 10.1. The Hall–Kier alpha value is -2.15. The summed E-state index contributed by atoms with van der Waals surface area (Å²) in [6.45, 7) is 2.30. The number of hydrogen-bond acceptors (Lipinski definition) is 5. The summed E-state index contributed by atoms with van der Waals surface area (Å²) in [6, 6.07) is 3.65. The molecular formula is C11H13N3O4. The molecule has 2 heterocycles. The lowest BCUT2D eigenvalue weighted by Gasteiger charge is -2.04. The van der Waals surface area contributed by atoms with Crippen LogP contribution in [0.4, 0.5) is 0 Å². The van der Waals surface area contributed by atoms with Crippen molar-refractivity contribution < 1.29 is 19.1 Å². The van der Waals surface area contributed by atoms with Gasteiger partial charge in [0.2, 0.25) is 0 Å². The van der Waals surface area contributed by atoms with E-state index in [9.17, 15) is 4.79 Å². The number of nitrogens with zero attached hydrogens (tertiary/aromatic N) is 3. The lowest BCUT2D eigenvalue weighted by molar-refractivity contribution is 0.0684. The normalized spacial score (nSPS) is 10.8. The number of carbonyl (C=O) groups is 1. The second-order valence-corrected chi connectivity index (χ2v) is 3.79. The Morgan fingerprint density at radius 3 is 2.89 bits per heavy atom. The van der Waals surface area contributed by atoms with Crippen LogP contribution in [0.5, 0.6) is 0 Å². The summed E-state index contributed by atoms with van der Waals surface area (Å²) in [5.41, 5.74) is 0.319. The first kappa shape index (κ1) is 12.3. The van der Waals surface area contributed by atoms with Gasteiger partial charge in [-0.2, -0.15) is 0 Å². The molecule has 7 heteroatoms. The molecule has 0 aromatic carbocycles. The summed E-state index contributed by atoms with van der Waals surface area (Å²) in [5.74, 6) is 0.354. The number of carboxylic acids is 1. The van der Waals surface area contributed by atoms with E-state index in [0.717, 1.165) is 5.76 Å². The van der Waals surface area contributed by atoms with Crippen LogP contribution in [0, 0.1) is 6.92 Å². The van der Waals surface area contributed by atoms with E-state index >= 15 is 0 Å². The number of ether oxygens (including phenoxy) is 1. The van der Waals surface area contributed by atoms with Gasteiger partial charge in [0.05, 0.1) is 12.3 Å². The highest BCUT2D eigenvalue weighted by molar-refractivity contribution is 5.86. The van der Waals surface area contributed by atoms with E-state index in [1.807, 2.05) is 19.1 Å². The fourth-order valence-electron chi connectivity index (χ4n) is 1.62. The van der Waals surface area contributed by atoms with Crippen molar-refractivity contribution in [1.82, 2.24) is 15.0 Å². The molecule has 0 radical (unpaired) electrons. The first-order chi connectivity index (χ1) is 8.61. The monoisotopic (exact) mass is 251 g/mol. The van der Waals surface area contributed by atoms with Gasteiger partial charge in [-0.05, 0) is 19.1 Å². The van der Waals surface area contributed by atoms with Crippen LogP contribution in [0.15, 0.2) is 16.5 Å². The summed E-state index contributed by atoms with van der Waals surface area (Å²) >= 11 is 0. The molecule has 0 spiro atoms. The molecule has 0 bridgehead atoms. The molecule has 0 fully saturated rings. The van der Waals surface area contributed by atoms with E-state index < -0.39 is 5.97 Å². The van der Waals surface area contributed by atoms with E-state index in [4.69, 9.17) is 14.3 Å². The maximum Gasteiger partial charge on any atom is 0.358 e. The molecule has 0 unspecified atom stereocenters. The summed E-state index contributed by atoms with van der Waals surface area (Å²) in [5, 5.41) is 16.4. The maximum atomic E-state index is 11.0. The average molecular weight is 251 g/mol. The molecule has 2 aromatic rings. The second kappa shape index (κ2) is 5.01. The number of hydrogen-bond donors (Lipinski definition) is 1. The van der Waals surface area contributed by atoms with E-state index in [0.29, 0.717) is 18.0 Å². The van der Waals surface area contributed by atoms with E-state index in [1.165, 1.54) is 11.8 Å². The molecule has 0 saturated carbocycles. The Morgan fingerprint density at radius 2 is 2.33 bits per heavy atom. The summed E-state index contributed by atoms with van der Waals surface area (Å²) < 4.78 is 11.8. The third kappa shape index (κ3) is 2.40. The Bertz CT molecular complexity index is 558. The van der Waals surface area contributed by atoms with Crippen LogP contribution in [-0.2, 0) is 17.9 Å². The molecule has 7 nitrogen and oxygen atoms in total. The lowest BCUT2D eigenvalue weighted by Crippen LogP contribution is -2.10. The Kier molecular flexibility index (Phi) is 3.42. The molecule has 0 aliphatic heterocycles. The van der Waals surface area contributed by atoms with Gasteiger partial charge in [-0.25, -0.2) is 9.48 Å². The Labute approximate surface area is 103 Å². The minimum absolute atomic E-state index is 0.0971. The first-order valence-corrected chi connectivity index (χ1v) is 5.31. The molecule has 0 amide bonds. The predicted octanol–water partition coefficient (Wildman–Crippen LogP) is 1.07. The third-order valence-electron chi connectivity index (χ3n) is 2.42. The van der Waals surface area contributed by atoms with E-state index in [1.54, 1.807) is 0 Å². The fourth-order valence-corrected chi connectivity index (χ4v) is 1.62. The molecule has 2 rings (SSSR count). The molecular weight excluding hydrogens is 238 g/mol. The summed E-state index contributed by atoms with van der Waals surface area (Å²) in [6.07, 6.45) is 0. The molecule has 18 heavy (non-hydrogen) atoms. The van der Waals surface area contributed by atoms with Gasteiger partial charge >= 0.3 is 5.97 Å². The van der Waals surface area contributed by atoms with E-state index in [2.05, 4.69) is 10.3 Å². The van der Waals surface area contributed by atoms with Crippen molar-refractivity contribution in [2.75, 3.05) is 7.11 Å². The van der Waals surface area contributed by atoms with Crippen molar-refractivity contribution in [1.29, 1.82) is 0 Å². The highest BCUT2D eigenvalue weighted by atomic mass is 16.5. The van der Waals surface area contributed by atoms with Crippen molar-refractivity contribution in [2.45, 2.75) is 20.1 Å². The zero-order chi connectivity index (χ0) is 13.1. The first-order valence-electron chi connectivity index (χ1n) is 5.31. The summed E-state index contributed by atoms with van der Waals surface area (Å²) in [7, 11) is 1.49. The van der Waals surface area contributed by atoms with E-state index in [-0.39, 0.29) is 12.3 Å². The minimum Gasteiger partial charge on any atom is -0.476 e. The quantitative estimate of drug-likeness (QED) is 0.854. The molecule has 0 aliphatic carbocycles. The number of methoxy groups -OCH3 is 1. The lowest BCUT2D eigenvalue weighted by atomic mass is 10.3. The van der Waals surface area contributed by atoms with Crippen molar-refractivity contribution in [3.05, 3.63) is 35.0 Å². The Balaban J connectivity index is 2.29. The third-order valence-corrected chi connectivity index (χ3v) is 2.42. The highest BCUT2D eigenvalue weighted by Crippen LogP contribution is 2.12. The van der Waals surface area contributed by atoms with Crippen LogP contribution < -0.4 is 0 Å². The SMILES string of the molecule is COCc1c(C(=O)O)nnn1Cc1ccc(C)o1. The topological polar surface area (TPSA) is 90.4 Å². The number of carboxylic acid groups (broad SMARTS) is 1. The van der Waals surface area contributed by atoms with Gasteiger partial charge < -0.3 is 14.3 Å². The van der Waals surface area contributed by atoms with Gasteiger partial charge in [0.15, 0.2) is 5.69 Å². The fraction of sp³-hybridized carbons (Fsp3) is 0.364. The van der Waals surface area contributed by atoms with Crippen molar-refractivity contribution in [3.63, 3.8) is 0 Å². The molecule has 0 aliphatic rings. The van der Waals surface area contributed by atoms with Crippen LogP contribution in [0.2, 0.25) is 0 Å². The number of furan rings is 1. The van der Waals surface area contributed by atoms with Crippen molar-refractivity contribution in [3.8, 4) is 0 Å². The van der Waals surface area contributed by atoms with Crippen molar-refractivity contribution in [2.24, 2.45) is 0 Å². The number of aromatic nitrogens is 3. The minimum atomic E-state index is -1.12. The van der Waals surface area contributed by atoms with Gasteiger partial charge in [0.1, 0.15) is 18.1 Å². The second-order valence-electron chi connectivity index (χ2n) is 3.79. The van der Waals surface area contributed by atoms with Gasteiger partial charge in [0.25, 0.3) is 0 Å². The number of aryl methyl sites for hydroxylation is 1. The van der Waals surface area contributed by atoms with Crippen LogP contribution in [0.25, 0.3) is 0 Å². The van der Waals surface area contributed by atoms with Crippen LogP contribution in [0.3, 0.4) is 0 Å². The molecule has 1 N–H and O–H groups in total. The average Bonchev–Trinajstić information content (AvgIpc) is 2.88. The van der Waals surface area contributed by atoms with Crippen LogP contribution >= 0.6 is 0 Å². The number of rotatable bonds is 5. The zero-order valence-corrected chi connectivity index (χ0v) is 10.1. The van der Waals surface area contributed by atoms with Crippen LogP contribution in [0.1, 0.15) is 27.7 Å². The van der Waals surface area contributed by atoms with Gasteiger partial charge in [-0.15, -0.1) is 5.10 Å². The smallest absolute Gasteiger partial charge is 0.358 e. The number of aromatic carboxylic acids is 1. The molecule has 2 aromatic heterocycles. The molecule has 0 saturated heterocycles. The summed E-state index contributed by atoms with van der Waals surface area (Å²) in [4.78, 5) is 11.0. The van der Waals surface area contributed by atoms with Crippen molar-refractivity contribution >= 4 is 5.97 Å². The van der Waals surface area contributed by atoms with Gasteiger partial charge in [0, 0.05) is 7.11 Å². The van der Waals surface area contributed by atoms with Gasteiger partial charge in [-0.3, -0.25) is 0 Å². The predicted molar refractivity (Wildman–Crippen MR) is 60.2 cm³/mol. The van der Waals surface area contributed by atoms with Crippen LogP contribution in [-0.4, -0.2) is 33.2 Å². The largest absolute Gasteiger partial charge is 0.476 e. The highest BCUT2D eigenvalue weighted by Gasteiger charge is 2.19. The Morgan fingerprint density at radius 1 is 1.56 bits per heavy atom.